The molecule has 2 heterocycles. The van der Waals surface area contributed by atoms with Crippen LogP contribution in [0.25, 0.3) is 5.65 Å². The van der Waals surface area contributed by atoms with E-state index in [1.165, 1.54) is 0 Å². The Balaban J connectivity index is 2.24. The lowest BCUT2D eigenvalue weighted by Crippen LogP contribution is -2.11. The SMILES string of the molecule is CCC(CC)COc1nc2ccccn2c1C=O. The maximum atomic E-state index is 11.1. The molecule has 0 aliphatic heterocycles. The van der Waals surface area contributed by atoms with Crippen molar-refractivity contribution in [3.63, 3.8) is 0 Å². The summed E-state index contributed by atoms with van der Waals surface area (Å²) in [4.78, 5) is 15.5. The van der Waals surface area contributed by atoms with Crippen LogP contribution < -0.4 is 4.74 Å². The van der Waals surface area contributed by atoms with Crippen molar-refractivity contribution in [1.82, 2.24) is 9.38 Å². The van der Waals surface area contributed by atoms with Gasteiger partial charge in [-0.2, -0.15) is 4.98 Å². The van der Waals surface area contributed by atoms with Gasteiger partial charge < -0.3 is 4.74 Å². The number of nitrogens with zero attached hydrogens (tertiary/aromatic N) is 2. The average molecular weight is 246 g/mol. The second-order valence-electron chi connectivity index (χ2n) is 4.34. The summed E-state index contributed by atoms with van der Waals surface area (Å²) in [6.45, 7) is 4.89. The molecule has 0 bridgehead atoms. The van der Waals surface area contributed by atoms with Crippen LogP contribution in [0.1, 0.15) is 37.2 Å². The summed E-state index contributed by atoms with van der Waals surface area (Å²) in [7, 11) is 0. The number of aldehydes is 1. The summed E-state index contributed by atoms with van der Waals surface area (Å²) >= 11 is 0. The Labute approximate surface area is 107 Å². The zero-order valence-electron chi connectivity index (χ0n) is 10.8. The summed E-state index contributed by atoms with van der Waals surface area (Å²) in [6, 6.07) is 5.62. The van der Waals surface area contributed by atoms with Crippen LogP contribution in [0, 0.1) is 5.92 Å². The molecule has 2 aromatic rings. The Hall–Kier alpha value is -1.84. The maximum Gasteiger partial charge on any atom is 0.243 e. The van der Waals surface area contributed by atoms with E-state index in [4.69, 9.17) is 4.74 Å². The Morgan fingerprint density at radius 1 is 1.39 bits per heavy atom. The fraction of sp³-hybridized carbons (Fsp3) is 0.429. The van der Waals surface area contributed by atoms with Gasteiger partial charge >= 0.3 is 0 Å². The van der Waals surface area contributed by atoms with E-state index in [1.54, 1.807) is 4.40 Å². The monoisotopic (exact) mass is 246 g/mol. The van der Waals surface area contributed by atoms with Crippen LogP contribution in [0.2, 0.25) is 0 Å². The smallest absolute Gasteiger partial charge is 0.243 e. The highest BCUT2D eigenvalue weighted by atomic mass is 16.5. The molecular weight excluding hydrogens is 228 g/mol. The Morgan fingerprint density at radius 3 is 2.83 bits per heavy atom. The van der Waals surface area contributed by atoms with Crippen molar-refractivity contribution in [3.8, 4) is 5.88 Å². The van der Waals surface area contributed by atoms with Crippen molar-refractivity contribution in [1.29, 1.82) is 0 Å². The molecule has 0 atom stereocenters. The summed E-state index contributed by atoms with van der Waals surface area (Å²) in [5, 5.41) is 0. The molecule has 0 N–H and O–H groups in total. The molecule has 4 nitrogen and oxygen atoms in total. The first kappa shape index (κ1) is 12.6. The zero-order valence-corrected chi connectivity index (χ0v) is 10.8. The largest absolute Gasteiger partial charge is 0.476 e. The van der Waals surface area contributed by atoms with E-state index in [0.717, 1.165) is 24.8 Å². The summed E-state index contributed by atoms with van der Waals surface area (Å²) < 4.78 is 7.44. The van der Waals surface area contributed by atoms with Crippen molar-refractivity contribution in [3.05, 3.63) is 30.1 Å². The predicted octanol–water partition coefficient (Wildman–Crippen LogP) is 2.96. The summed E-state index contributed by atoms with van der Waals surface area (Å²) in [5.41, 5.74) is 1.22. The second kappa shape index (κ2) is 5.67. The minimum Gasteiger partial charge on any atom is -0.476 e. The predicted molar refractivity (Wildman–Crippen MR) is 70.1 cm³/mol. The third kappa shape index (κ3) is 2.37. The first-order valence-electron chi connectivity index (χ1n) is 6.35. The van der Waals surface area contributed by atoms with Crippen LogP contribution >= 0.6 is 0 Å². The summed E-state index contributed by atoms with van der Waals surface area (Å²) in [5.74, 6) is 0.942. The molecule has 0 fully saturated rings. The molecule has 0 spiro atoms. The summed E-state index contributed by atoms with van der Waals surface area (Å²) in [6.07, 6.45) is 4.75. The standard InChI is InChI=1S/C14H18N2O2/c1-3-11(4-2)10-18-14-12(9-17)16-8-6-5-7-13(16)15-14/h5-9,11H,3-4,10H2,1-2H3. The van der Waals surface area contributed by atoms with Crippen molar-refractivity contribution in [2.75, 3.05) is 6.61 Å². The minimum atomic E-state index is 0.433. The van der Waals surface area contributed by atoms with Gasteiger partial charge in [0.1, 0.15) is 11.3 Å². The Kier molecular flexibility index (Phi) is 3.97. The highest BCUT2D eigenvalue weighted by molar-refractivity contribution is 5.78. The lowest BCUT2D eigenvalue weighted by atomic mass is 10.1. The van der Waals surface area contributed by atoms with Crippen molar-refractivity contribution in [2.45, 2.75) is 26.7 Å². The number of aromatic nitrogens is 2. The molecule has 0 saturated heterocycles. The van der Waals surface area contributed by atoms with Gasteiger partial charge in [-0.05, 0) is 18.1 Å². The fourth-order valence-electron chi connectivity index (χ4n) is 1.93. The van der Waals surface area contributed by atoms with Crippen molar-refractivity contribution in [2.24, 2.45) is 5.92 Å². The number of carbonyl (C=O) groups is 1. The first-order valence-corrected chi connectivity index (χ1v) is 6.35. The van der Waals surface area contributed by atoms with E-state index in [0.29, 0.717) is 24.1 Å². The van der Waals surface area contributed by atoms with Gasteiger partial charge in [0.25, 0.3) is 0 Å². The number of imidazole rings is 1. The highest BCUT2D eigenvalue weighted by Gasteiger charge is 2.13. The average Bonchev–Trinajstić information content (AvgIpc) is 2.77. The third-order valence-electron chi connectivity index (χ3n) is 3.26. The van der Waals surface area contributed by atoms with Gasteiger partial charge in [-0.15, -0.1) is 0 Å². The Morgan fingerprint density at radius 2 is 2.17 bits per heavy atom. The van der Waals surface area contributed by atoms with Gasteiger partial charge in [0.2, 0.25) is 5.88 Å². The molecule has 0 amide bonds. The number of carbonyl (C=O) groups excluding carboxylic acids is 1. The first-order chi connectivity index (χ1) is 8.80. The Bertz CT molecular complexity index is 530. The molecule has 0 unspecified atom stereocenters. The number of hydrogen-bond acceptors (Lipinski definition) is 3. The number of pyridine rings is 1. The van der Waals surface area contributed by atoms with Gasteiger partial charge in [-0.3, -0.25) is 9.20 Å². The molecule has 0 aliphatic rings. The van der Waals surface area contributed by atoms with Crippen LogP contribution in [0.4, 0.5) is 0 Å². The lowest BCUT2D eigenvalue weighted by Gasteiger charge is -2.12. The molecule has 2 rings (SSSR count). The van der Waals surface area contributed by atoms with Gasteiger partial charge in [0.15, 0.2) is 6.29 Å². The molecule has 2 aromatic heterocycles. The van der Waals surface area contributed by atoms with Crippen LogP contribution in [-0.4, -0.2) is 22.3 Å². The molecule has 0 radical (unpaired) electrons. The van der Waals surface area contributed by atoms with Gasteiger partial charge in [0, 0.05) is 6.20 Å². The second-order valence-corrected chi connectivity index (χ2v) is 4.34. The maximum absolute atomic E-state index is 11.1. The van der Waals surface area contributed by atoms with Crippen molar-refractivity contribution >= 4 is 11.9 Å². The third-order valence-corrected chi connectivity index (χ3v) is 3.26. The molecule has 0 aliphatic carbocycles. The van der Waals surface area contributed by atoms with E-state index in [1.807, 2.05) is 24.4 Å². The molecular formula is C14H18N2O2. The molecule has 18 heavy (non-hydrogen) atoms. The van der Waals surface area contributed by atoms with Crippen LogP contribution in [0.3, 0.4) is 0 Å². The topological polar surface area (TPSA) is 43.6 Å². The zero-order chi connectivity index (χ0) is 13.0. The van der Waals surface area contributed by atoms with Crippen LogP contribution in [-0.2, 0) is 0 Å². The normalized spacial score (nSPS) is 11.1. The lowest BCUT2D eigenvalue weighted by molar-refractivity contribution is 0.111. The molecule has 0 aromatic carbocycles. The van der Waals surface area contributed by atoms with E-state index in [-0.39, 0.29) is 0 Å². The van der Waals surface area contributed by atoms with Crippen LogP contribution in [0.5, 0.6) is 5.88 Å². The number of fused-ring (bicyclic) bond motifs is 1. The van der Waals surface area contributed by atoms with E-state index in [9.17, 15) is 4.79 Å². The van der Waals surface area contributed by atoms with E-state index >= 15 is 0 Å². The van der Waals surface area contributed by atoms with Crippen LogP contribution in [0.15, 0.2) is 24.4 Å². The number of ether oxygens (including phenoxy) is 1. The minimum absolute atomic E-state index is 0.433. The van der Waals surface area contributed by atoms with Gasteiger partial charge in [0.05, 0.1) is 6.61 Å². The highest BCUT2D eigenvalue weighted by Crippen LogP contribution is 2.19. The van der Waals surface area contributed by atoms with Crippen molar-refractivity contribution < 1.29 is 9.53 Å². The van der Waals surface area contributed by atoms with Gasteiger partial charge in [-0.1, -0.05) is 32.8 Å². The van der Waals surface area contributed by atoms with E-state index in [2.05, 4.69) is 18.8 Å². The van der Waals surface area contributed by atoms with Gasteiger partial charge in [-0.25, -0.2) is 0 Å². The van der Waals surface area contributed by atoms with E-state index < -0.39 is 0 Å². The quantitative estimate of drug-likeness (QED) is 0.736. The molecule has 4 heteroatoms. The molecule has 0 saturated carbocycles. The number of rotatable bonds is 6. The fourth-order valence-corrected chi connectivity index (χ4v) is 1.93. The number of hydrogen-bond donors (Lipinski definition) is 0. The molecule has 96 valence electrons.